The van der Waals surface area contributed by atoms with Gasteiger partial charge in [0.25, 0.3) is 5.91 Å². The van der Waals surface area contributed by atoms with E-state index in [-0.39, 0.29) is 11.6 Å². The molecule has 7 heteroatoms. The Bertz CT molecular complexity index is 491. The van der Waals surface area contributed by atoms with E-state index in [9.17, 15) is 9.28 Å². The Hall–Kier alpha value is -2.18. The Morgan fingerprint density at radius 1 is 1.71 bits per heavy atom. The third-order valence-electron chi connectivity index (χ3n) is 2.59. The van der Waals surface area contributed by atoms with Crippen LogP contribution in [0.5, 0.6) is 0 Å². The van der Waals surface area contributed by atoms with Crippen LogP contribution in [-0.4, -0.2) is 28.0 Å². The average molecular weight is 237 g/mol. The topological polar surface area (TPSA) is 96.2 Å². The standard InChI is InChI=1S/C10H12FN5O/c1-5-4-6(7-2-3-13-16-7)8(9(12)15-11)10(17)14-5/h2-3,5H,4H2,1H3,(H2,12,15)(H,13,16)(H,14,17). The number of amides is 1. The van der Waals surface area contributed by atoms with E-state index in [0.29, 0.717) is 17.7 Å². The number of hydrogen-bond acceptors (Lipinski definition) is 3. The number of nitrogens with zero attached hydrogens (tertiary/aromatic N) is 2. The number of halogens is 1. The molecular formula is C10H12FN5O. The van der Waals surface area contributed by atoms with Gasteiger partial charge in [0.1, 0.15) is 0 Å². The molecular weight excluding hydrogens is 225 g/mol. The monoisotopic (exact) mass is 237 g/mol. The van der Waals surface area contributed by atoms with Gasteiger partial charge in [-0.2, -0.15) is 5.10 Å². The summed E-state index contributed by atoms with van der Waals surface area (Å²) in [6, 6.07) is 1.66. The van der Waals surface area contributed by atoms with Crippen molar-refractivity contribution in [2.24, 2.45) is 10.9 Å². The molecule has 0 radical (unpaired) electrons. The number of H-pyrrole nitrogens is 1. The van der Waals surface area contributed by atoms with Crippen LogP contribution in [-0.2, 0) is 4.79 Å². The highest BCUT2D eigenvalue weighted by Gasteiger charge is 2.28. The van der Waals surface area contributed by atoms with Crippen molar-refractivity contribution < 1.29 is 9.28 Å². The number of nitrogens with one attached hydrogen (secondary N) is 2. The average Bonchev–Trinajstić information content (AvgIpc) is 2.80. The van der Waals surface area contributed by atoms with Gasteiger partial charge in [-0.15, -0.1) is 0 Å². The Labute approximate surface area is 96.7 Å². The van der Waals surface area contributed by atoms with Crippen LogP contribution in [0.15, 0.2) is 23.1 Å². The molecule has 0 aliphatic carbocycles. The zero-order chi connectivity index (χ0) is 12.4. The molecule has 6 nitrogen and oxygen atoms in total. The molecule has 2 heterocycles. The minimum absolute atomic E-state index is 0.0445. The number of carbonyl (C=O) groups is 1. The number of nitrogens with two attached hydrogens (primary N) is 1. The first-order valence-electron chi connectivity index (χ1n) is 5.12. The van der Waals surface area contributed by atoms with Crippen molar-refractivity contribution in [3.8, 4) is 0 Å². The first-order valence-corrected chi connectivity index (χ1v) is 5.12. The fourth-order valence-electron chi connectivity index (χ4n) is 1.87. The number of hydrogen-bond donors (Lipinski definition) is 3. The van der Waals surface area contributed by atoms with Crippen LogP contribution in [0.4, 0.5) is 4.48 Å². The van der Waals surface area contributed by atoms with E-state index in [1.165, 1.54) is 0 Å². The van der Waals surface area contributed by atoms with E-state index < -0.39 is 11.7 Å². The summed E-state index contributed by atoms with van der Waals surface area (Å²) in [6.07, 6.45) is 2.10. The SMILES string of the molecule is CC1CC(c2ccn[nH]2)=C(/C(N)=N/F)C(=O)N1. The number of rotatable bonds is 2. The van der Waals surface area contributed by atoms with Gasteiger partial charge in [-0.05, 0) is 25.0 Å². The van der Waals surface area contributed by atoms with Gasteiger partial charge in [0.15, 0.2) is 5.84 Å². The molecule has 0 saturated carbocycles. The summed E-state index contributed by atoms with van der Waals surface area (Å²) in [4.78, 5) is 11.8. The molecule has 1 aromatic rings. The summed E-state index contributed by atoms with van der Waals surface area (Å²) in [5, 5.41) is 11.6. The summed E-state index contributed by atoms with van der Waals surface area (Å²) < 4.78 is 12.3. The van der Waals surface area contributed by atoms with E-state index in [4.69, 9.17) is 5.73 Å². The van der Waals surface area contributed by atoms with E-state index in [0.717, 1.165) is 0 Å². The number of carbonyl (C=O) groups excluding carboxylic acids is 1. The van der Waals surface area contributed by atoms with E-state index >= 15 is 0 Å². The number of amidine groups is 1. The van der Waals surface area contributed by atoms with Gasteiger partial charge >= 0.3 is 0 Å². The summed E-state index contributed by atoms with van der Waals surface area (Å²) in [6.45, 7) is 1.85. The summed E-state index contributed by atoms with van der Waals surface area (Å²) >= 11 is 0. The molecule has 1 unspecified atom stereocenters. The minimum atomic E-state index is -0.424. The van der Waals surface area contributed by atoms with Crippen LogP contribution in [0.2, 0.25) is 0 Å². The zero-order valence-electron chi connectivity index (χ0n) is 9.20. The number of aromatic nitrogens is 2. The van der Waals surface area contributed by atoms with Gasteiger partial charge in [-0.3, -0.25) is 9.89 Å². The lowest BCUT2D eigenvalue weighted by molar-refractivity contribution is -0.117. The van der Waals surface area contributed by atoms with Crippen molar-refractivity contribution in [3.63, 3.8) is 0 Å². The van der Waals surface area contributed by atoms with Crippen LogP contribution in [0.3, 0.4) is 0 Å². The van der Waals surface area contributed by atoms with E-state index in [1.807, 2.05) is 6.92 Å². The van der Waals surface area contributed by atoms with Gasteiger partial charge in [-0.25, -0.2) is 0 Å². The third-order valence-corrected chi connectivity index (χ3v) is 2.59. The maximum absolute atomic E-state index is 12.3. The fourth-order valence-corrected chi connectivity index (χ4v) is 1.87. The molecule has 2 rings (SSSR count). The highest BCUT2D eigenvalue weighted by atomic mass is 19.2. The second-order valence-electron chi connectivity index (χ2n) is 3.87. The first-order chi connectivity index (χ1) is 8.13. The Morgan fingerprint density at radius 3 is 3.06 bits per heavy atom. The van der Waals surface area contributed by atoms with Gasteiger partial charge < -0.3 is 11.1 Å². The highest BCUT2D eigenvalue weighted by molar-refractivity contribution is 6.25. The van der Waals surface area contributed by atoms with Crippen molar-refractivity contribution in [1.29, 1.82) is 0 Å². The van der Waals surface area contributed by atoms with Crippen molar-refractivity contribution in [1.82, 2.24) is 15.5 Å². The molecule has 1 aliphatic rings. The van der Waals surface area contributed by atoms with Crippen LogP contribution < -0.4 is 11.1 Å². The Kier molecular flexibility index (Phi) is 2.90. The molecule has 1 aromatic heterocycles. The normalized spacial score (nSPS) is 21.6. The molecule has 0 spiro atoms. The van der Waals surface area contributed by atoms with Gasteiger partial charge in [0.05, 0.1) is 11.3 Å². The zero-order valence-corrected chi connectivity index (χ0v) is 9.20. The lowest BCUT2D eigenvalue weighted by Gasteiger charge is -2.24. The van der Waals surface area contributed by atoms with Crippen LogP contribution in [0.1, 0.15) is 19.0 Å². The molecule has 1 amide bonds. The van der Waals surface area contributed by atoms with E-state index in [1.54, 1.807) is 12.3 Å². The van der Waals surface area contributed by atoms with Crippen molar-refractivity contribution in [2.75, 3.05) is 0 Å². The maximum atomic E-state index is 12.3. The first kappa shape index (κ1) is 11.3. The smallest absolute Gasteiger partial charge is 0.255 e. The second kappa shape index (κ2) is 4.36. The quantitative estimate of drug-likeness (QED) is 0.510. The molecule has 1 atom stereocenters. The summed E-state index contributed by atoms with van der Waals surface area (Å²) in [5.74, 6) is -0.841. The van der Waals surface area contributed by atoms with Crippen molar-refractivity contribution >= 4 is 17.3 Å². The maximum Gasteiger partial charge on any atom is 0.255 e. The van der Waals surface area contributed by atoms with Gasteiger partial charge in [0.2, 0.25) is 0 Å². The second-order valence-corrected chi connectivity index (χ2v) is 3.87. The minimum Gasteiger partial charge on any atom is -0.381 e. The molecule has 0 bridgehead atoms. The molecule has 0 saturated heterocycles. The van der Waals surface area contributed by atoms with Gasteiger partial charge in [-0.1, -0.05) is 9.70 Å². The summed E-state index contributed by atoms with van der Waals surface area (Å²) in [5.41, 5.74) is 6.74. The predicted octanol–water partition coefficient (Wildman–Crippen LogP) is 0.313. The number of aromatic amines is 1. The molecule has 0 aromatic carbocycles. The molecule has 17 heavy (non-hydrogen) atoms. The fraction of sp³-hybridized carbons (Fsp3) is 0.300. The molecule has 0 fully saturated rings. The highest BCUT2D eigenvalue weighted by Crippen LogP contribution is 2.26. The Morgan fingerprint density at radius 2 is 2.47 bits per heavy atom. The van der Waals surface area contributed by atoms with Crippen molar-refractivity contribution in [2.45, 2.75) is 19.4 Å². The Balaban J connectivity index is 2.56. The molecule has 1 aliphatic heterocycles. The van der Waals surface area contributed by atoms with Crippen LogP contribution in [0, 0.1) is 0 Å². The lowest BCUT2D eigenvalue weighted by atomic mass is 9.93. The van der Waals surface area contributed by atoms with Gasteiger partial charge in [0, 0.05) is 12.2 Å². The lowest BCUT2D eigenvalue weighted by Crippen LogP contribution is -2.42. The van der Waals surface area contributed by atoms with E-state index in [2.05, 4.69) is 20.7 Å². The van der Waals surface area contributed by atoms with Crippen LogP contribution >= 0.6 is 0 Å². The molecule has 4 N–H and O–H groups in total. The summed E-state index contributed by atoms with van der Waals surface area (Å²) in [7, 11) is 0. The van der Waals surface area contributed by atoms with Crippen molar-refractivity contribution in [3.05, 3.63) is 23.5 Å². The largest absolute Gasteiger partial charge is 0.381 e. The molecule has 90 valence electrons. The predicted molar refractivity (Wildman–Crippen MR) is 60.5 cm³/mol. The third kappa shape index (κ3) is 2.03. The van der Waals surface area contributed by atoms with Crippen LogP contribution in [0.25, 0.3) is 5.57 Å².